The van der Waals surface area contributed by atoms with E-state index < -0.39 is 0 Å². The Hall–Kier alpha value is -1.10. The van der Waals surface area contributed by atoms with Crippen molar-refractivity contribution in [3.8, 4) is 0 Å². The van der Waals surface area contributed by atoms with Gasteiger partial charge in [-0.3, -0.25) is 9.59 Å². The smallest absolute Gasteiger partial charge is 0.310 e. The van der Waals surface area contributed by atoms with Crippen molar-refractivity contribution in [2.24, 2.45) is 11.3 Å². The fourth-order valence-electron chi connectivity index (χ4n) is 2.55. The van der Waals surface area contributed by atoms with E-state index in [1.165, 1.54) is 7.11 Å². The molecule has 1 saturated heterocycles. The highest BCUT2D eigenvalue weighted by molar-refractivity contribution is 5.83. The van der Waals surface area contributed by atoms with Gasteiger partial charge in [-0.25, -0.2) is 0 Å². The highest BCUT2D eigenvalue weighted by atomic mass is 16.5. The Morgan fingerprint density at radius 2 is 2.17 bits per heavy atom. The second-order valence-corrected chi connectivity index (χ2v) is 5.17. The highest BCUT2D eigenvalue weighted by Crippen LogP contribution is 2.31. The number of hydrogen-bond acceptors (Lipinski definition) is 4. The average molecular weight is 256 g/mol. The minimum absolute atomic E-state index is 0.130. The van der Waals surface area contributed by atoms with Gasteiger partial charge >= 0.3 is 5.97 Å². The van der Waals surface area contributed by atoms with Gasteiger partial charge in [0.25, 0.3) is 0 Å². The summed E-state index contributed by atoms with van der Waals surface area (Å²) in [5.74, 6) is -0.428. The molecule has 1 amide bonds. The van der Waals surface area contributed by atoms with E-state index in [2.05, 4.69) is 10.1 Å². The number of carbonyl (C=O) groups is 2. The maximum Gasteiger partial charge on any atom is 0.310 e. The zero-order chi connectivity index (χ0) is 13.8. The molecule has 2 atom stereocenters. The lowest BCUT2D eigenvalue weighted by Crippen LogP contribution is -2.45. The van der Waals surface area contributed by atoms with Crippen molar-refractivity contribution in [3.05, 3.63) is 0 Å². The normalized spacial score (nSPS) is 24.7. The van der Waals surface area contributed by atoms with Gasteiger partial charge in [-0.15, -0.1) is 0 Å². The van der Waals surface area contributed by atoms with Crippen LogP contribution < -0.4 is 5.32 Å². The molecule has 18 heavy (non-hydrogen) atoms. The van der Waals surface area contributed by atoms with E-state index in [0.29, 0.717) is 6.54 Å². The van der Waals surface area contributed by atoms with E-state index in [4.69, 9.17) is 0 Å². The number of esters is 1. The van der Waals surface area contributed by atoms with E-state index in [0.717, 1.165) is 25.9 Å². The summed E-state index contributed by atoms with van der Waals surface area (Å²) in [7, 11) is 3.13. The number of hydrogen-bond donors (Lipinski definition) is 1. The lowest BCUT2D eigenvalue weighted by molar-refractivity contribution is -0.147. The number of methoxy groups -OCH3 is 1. The summed E-state index contributed by atoms with van der Waals surface area (Å²) >= 11 is 0. The van der Waals surface area contributed by atoms with Gasteiger partial charge in [0.05, 0.1) is 18.4 Å². The van der Waals surface area contributed by atoms with Crippen LogP contribution in [0.2, 0.25) is 0 Å². The zero-order valence-corrected chi connectivity index (χ0v) is 11.8. The molecule has 1 N–H and O–H groups in total. The molecule has 1 rings (SSSR count). The first kappa shape index (κ1) is 15.0. The minimum atomic E-state index is -0.287. The van der Waals surface area contributed by atoms with E-state index >= 15 is 0 Å². The molecule has 0 spiro atoms. The quantitative estimate of drug-likeness (QED) is 0.734. The van der Waals surface area contributed by atoms with Crippen LogP contribution in [-0.2, 0) is 14.3 Å². The van der Waals surface area contributed by atoms with Crippen LogP contribution in [0.1, 0.15) is 26.7 Å². The number of rotatable bonds is 5. The van der Waals surface area contributed by atoms with Crippen molar-refractivity contribution in [1.82, 2.24) is 10.2 Å². The van der Waals surface area contributed by atoms with Gasteiger partial charge in [-0.2, -0.15) is 0 Å². The lowest BCUT2D eigenvalue weighted by Gasteiger charge is -2.31. The Balaban J connectivity index is 2.63. The van der Waals surface area contributed by atoms with Crippen molar-refractivity contribution < 1.29 is 14.3 Å². The fourth-order valence-corrected chi connectivity index (χ4v) is 2.55. The van der Waals surface area contributed by atoms with Crippen molar-refractivity contribution in [2.45, 2.75) is 26.7 Å². The summed E-state index contributed by atoms with van der Waals surface area (Å²) in [5, 5.41) is 3.25. The van der Waals surface area contributed by atoms with E-state index in [9.17, 15) is 9.59 Å². The Morgan fingerprint density at radius 1 is 1.50 bits per heavy atom. The molecule has 0 radical (unpaired) electrons. The molecule has 0 aromatic rings. The van der Waals surface area contributed by atoms with Crippen molar-refractivity contribution in [3.63, 3.8) is 0 Å². The summed E-state index contributed by atoms with van der Waals surface area (Å²) in [4.78, 5) is 25.5. The summed E-state index contributed by atoms with van der Waals surface area (Å²) in [5.41, 5.74) is -0.287. The maximum absolute atomic E-state index is 12.5. The molecule has 2 unspecified atom stereocenters. The first-order valence-corrected chi connectivity index (χ1v) is 6.51. The lowest BCUT2D eigenvalue weighted by atomic mass is 9.82. The highest BCUT2D eigenvalue weighted by Gasteiger charge is 2.41. The second kappa shape index (κ2) is 6.18. The second-order valence-electron chi connectivity index (χ2n) is 5.17. The third-order valence-electron chi connectivity index (χ3n) is 3.87. The third kappa shape index (κ3) is 3.02. The van der Waals surface area contributed by atoms with Gasteiger partial charge < -0.3 is 15.0 Å². The Labute approximate surface area is 109 Å². The van der Waals surface area contributed by atoms with Crippen LogP contribution in [0.3, 0.4) is 0 Å². The molecule has 1 fully saturated rings. The van der Waals surface area contributed by atoms with Gasteiger partial charge in [0.1, 0.15) is 0 Å². The SMILES string of the molecule is CCC1(C(=O)N(C)CC(C)C(=O)OC)CCNC1. The Morgan fingerprint density at radius 3 is 2.61 bits per heavy atom. The number of ether oxygens (including phenoxy) is 1. The predicted molar refractivity (Wildman–Crippen MR) is 69.0 cm³/mol. The summed E-state index contributed by atoms with van der Waals surface area (Å²) in [6.45, 7) is 5.86. The van der Waals surface area contributed by atoms with Gasteiger partial charge in [0, 0.05) is 20.1 Å². The van der Waals surface area contributed by atoms with E-state index in [-0.39, 0.29) is 23.2 Å². The number of nitrogens with zero attached hydrogens (tertiary/aromatic N) is 1. The predicted octanol–water partition coefficient (Wildman–Crippen LogP) is 0.644. The molecule has 5 nitrogen and oxygen atoms in total. The van der Waals surface area contributed by atoms with Crippen LogP contribution in [0.15, 0.2) is 0 Å². The van der Waals surface area contributed by atoms with Crippen LogP contribution >= 0.6 is 0 Å². The molecular weight excluding hydrogens is 232 g/mol. The number of amides is 1. The molecule has 0 aromatic carbocycles. The summed E-state index contributed by atoms with van der Waals surface area (Å²) < 4.78 is 4.68. The maximum atomic E-state index is 12.5. The van der Waals surface area contributed by atoms with Gasteiger partial charge in [0.15, 0.2) is 0 Å². The number of carbonyl (C=O) groups excluding carboxylic acids is 2. The summed E-state index contributed by atoms with van der Waals surface area (Å²) in [6.07, 6.45) is 1.70. The first-order valence-electron chi connectivity index (χ1n) is 6.51. The molecule has 104 valence electrons. The zero-order valence-electron chi connectivity index (χ0n) is 11.8. The van der Waals surface area contributed by atoms with Crippen LogP contribution in [0.25, 0.3) is 0 Å². The van der Waals surface area contributed by atoms with Gasteiger partial charge in [-0.1, -0.05) is 13.8 Å². The third-order valence-corrected chi connectivity index (χ3v) is 3.87. The van der Waals surface area contributed by atoms with E-state index in [1.54, 1.807) is 18.9 Å². The molecule has 0 aromatic heterocycles. The molecule has 1 heterocycles. The Bertz CT molecular complexity index is 311. The van der Waals surface area contributed by atoms with Crippen LogP contribution in [0, 0.1) is 11.3 Å². The standard InChI is InChI=1S/C13H24N2O3/c1-5-13(6-7-14-9-13)12(17)15(3)8-10(2)11(16)18-4/h10,14H,5-9H2,1-4H3. The first-order chi connectivity index (χ1) is 8.46. The van der Waals surface area contributed by atoms with Crippen LogP contribution in [-0.4, -0.2) is 50.6 Å². The Kier molecular flexibility index (Phi) is 5.14. The largest absolute Gasteiger partial charge is 0.469 e. The van der Waals surface area contributed by atoms with Crippen molar-refractivity contribution >= 4 is 11.9 Å². The van der Waals surface area contributed by atoms with Gasteiger partial charge in [0.2, 0.25) is 5.91 Å². The molecule has 0 aliphatic carbocycles. The molecular formula is C13H24N2O3. The van der Waals surface area contributed by atoms with Crippen molar-refractivity contribution in [2.75, 3.05) is 33.8 Å². The molecule has 1 aliphatic heterocycles. The van der Waals surface area contributed by atoms with Crippen LogP contribution in [0.5, 0.6) is 0 Å². The summed E-state index contributed by atoms with van der Waals surface area (Å²) in [6, 6.07) is 0. The molecule has 0 bridgehead atoms. The van der Waals surface area contributed by atoms with E-state index in [1.807, 2.05) is 6.92 Å². The fraction of sp³-hybridized carbons (Fsp3) is 0.846. The van der Waals surface area contributed by atoms with Crippen LogP contribution in [0.4, 0.5) is 0 Å². The average Bonchev–Trinajstić information content (AvgIpc) is 2.86. The van der Waals surface area contributed by atoms with Crippen molar-refractivity contribution in [1.29, 1.82) is 0 Å². The molecule has 0 saturated carbocycles. The number of nitrogens with one attached hydrogen (secondary N) is 1. The monoisotopic (exact) mass is 256 g/mol. The molecule has 5 heteroatoms. The molecule has 1 aliphatic rings. The van der Waals surface area contributed by atoms with Gasteiger partial charge in [-0.05, 0) is 19.4 Å². The topological polar surface area (TPSA) is 58.6 Å². The minimum Gasteiger partial charge on any atom is -0.469 e.